The summed E-state index contributed by atoms with van der Waals surface area (Å²) < 4.78 is 5.32. The fourth-order valence-corrected chi connectivity index (χ4v) is 1.73. The second-order valence-electron chi connectivity index (χ2n) is 4.06. The molecule has 0 bridgehead atoms. The van der Waals surface area contributed by atoms with E-state index in [0.29, 0.717) is 25.5 Å². The summed E-state index contributed by atoms with van der Waals surface area (Å²) in [7, 11) is 0. The summed E-state index contributed by atoms with van der Waals surface area (Å²) in [4.78, 5) is 11.9. The molecular weight excluding hydrogens is 242 g/mol. The smallest absolute Gasteiger partial charge is 0.272 e. The Labute approximate surface area is 111 Å². The van der Waals surface area contributed by atoms with Crippen LogP contribution in [0.2, 0.25) is 0 Å². The van der Waals surface area contributed by atoms with Gasteiger partial charge in [0.2, 0.25) is 0 Å². The summed E-state index contributed by atoms with van der Waals surface area (Å²) in [5, 5.41) is 10.5. The van der Waals surface area contributed by atoms with Crippen LogP contribution in [0.4, 0.5) is 0 Å². The maximum Gasteiger partial charge on any atom is 0.272 e. The van der Waals surface area contributed by atoms with Crippen molar-refractivity contribution in [3.8, 4) is 0 Å². The molecule has 100 valence electrons. The molecule has 0 saturated heterocycles. The second-order valence-corrected chi connectivity index (χ2v) is 4.06. The van der Waals surface area contributed by atoms with Gasteiger partial charge in [-0.25, -0.2) is 0 Å². The van der Waals surface area contributed by atoms with Gasteiger partial charge in [-0.15, -0.1) is 6.58 Å². The number of rotatable bonds is 7. The van der Waals surface area contributed by atoms with E-state index in [1.165, 1.54) is 0 Å². The number of nitrogens with zero attached hydrogens (tertiary/aromatic N) is 1. The van der Waals surface area contributed by atoms with Crippen molar-refractivity contribution in [1.82, 2.24) is 15.5 Å². The zero-order chi connectivity index (χ0) is 13.5. The Morgan fingerprint density at radius 1 is 1.42 bits per heavy atom. The monoisotopic (exact) mass is 259 g/mol. The zero-order valence-electron chi connectivity index (χ0n) is 10.7. The van der Waals surface area contributed by atoms with Crippen LogP contribution in [-0.2, 0) is 4.74 Å². The number of H-pyrrole nitrogens is 1. The summed E-state index contributed by atoms with van der Waals surface area (Å²) in [6, 6.07) is 7.54. The van der Waals surface area contributed by atoms with Gasteiger partial charge in [-0.1, -0.05) is 24.3 Å². The molecule has 0 fully saturated rings. The predicted octanol–water partition coefficient (Wildman–Crippen LogP) is 1.89. The van der Waals surface area contributed by atoms with E-state index in [1.807, 2.05) is 24.3 Å². The maximum absolute atomic E-state index is 11.9. The minimum Gasteiger partial charge on any atom is -0.379 e. The Bertz CT molecular complexity index is 563. The third kappa shape index (κ3) is 3.42. The molecule has 0 aliphatic heterocycles. The number of hydrogen-bond acceptors (Lipinski definition) is 3. The van der Waals surface area contributed by atoms with Gasteiger partial charge in [-0.3, -0.25) is 9.89 Å². The highest BCUT2D eigenvalue weighted by Crippen LogP contribution is 2.14. The van der Waals surface area contributed by atoms with Gasteiger partial charge in [-0.2, -0.15) is 5.10 Å². The number of fused-ring (bicyclic) bond motifs is 1. The molecule has 0 aliphatic rings. The van der Waals surface area contributed by atoms with Crippen molar-refractivity contribution in [3.63, 3.8) is 0 Å². The Hall–Kier alpha value is -2.14. The van der Waals surface area contributed by atoms with Crippen molar-refractivity contribution in [3.05, 3.63) is 42.6 Å². The van der Waals surface area contributed by atoms with Crippen LogP contribution in [0.3, 0.4) is 0 Å². The zero-order valence-corrected chi connectivity index (χ0v) is 10.7. The molecule has 0 radical (unpaired) electrons. The highest BCUT2D eigenvalue weighted by atomic mass is 16.5. The summed E-state index contributed by atoms with van der Waals surface area (Å²) in [6.07, 6.45) is 2.62. The van der Waals surface area contributed by atoms with Gasteiger partial charge < -0.3 is 10.1 Å². The molecule has 0 aliphatic carbocycles. The fourth-order valence-electron chi connectivity index (χ4n) is 1.73. The van der Waals surface area contributed by atoms with Gasteiger partial charge in [0.05, 0.1) is 18.7 Å². The molecule has 5 nitrogen and oxygen atoms in total. The van der Waals surface area contributed by atoms with Gasteiger partial charge in [0.1, 0.15) is 0 Å². The van der Waals surface area contributed by atoms with E-state index in [0.717, 1.165) is 17.3 Å². The lowest BCUT2D eigenvalue weighted by molar-refractivity contribution is 0.0914. The van der Waals surface area contributed by atoms with Gasteiger partial charge >= 0.3 is 0 Å². The first-order chi connectivity index (χ1) is 9.33. The van der Waals surface area contributed by atoms with E-state index >= 15 is 0 Å². The lowest BCUT2D eigenvalue weighted by atomic mass is 10.2. The lowest BCUT2D eigenvalue weighted by Crippen LogP contribution is -2.27. The molecule has 19 heavy (non-hydrogen) atoms. The van der Waals surface area contributed by atoms with Crippen LogP contribution >= 0.6 is 0 Å². The minimum atomic E-state index is -0.190. The predicted molar refractivity (Wildman–Crippen MR) is 74.1 cm³/mol. The van der Waals surface area contributed by atoms with Crippen molar-refractivity contribution in [2.24, 2.45) is 0 Å². The van der Waals surface area contributed by atoms with Crippen molar-refractivity contribution < 1.29 is 9.53 Å². The minimum absolute atomic E-state index is 0.190. The Kier molecular flexibility index (Phi) is 4.69. The standard InChI is InChI=1S/C14H17N3O2/c1-2-3-9-19-10-8-15-14(18)13-11-6-4-5-7-12(11)16-17-13/h2,4-7H,1,3,8-10H2,(H,15,18)(H,16,17). The average Bonchev–Trinajstić information content (AvgIpc) is 2.86. The third-order valence-corrected chi connectivity index (χ3v) is 2.68. The summed E-state index contributed by atoms with van der Waals surface area (Å²) >= 11 is 0. The maximum atomic E-state index is 11.9. The molecule has 0 unspecified atom stereocenters. The van der Waals surface area contributed by atoms with Crippen LogP contribution in [0, 0.1) is 0 Å². The van der Waals surface area contributed by atoms with E-state index in [-0.39, 0.29) is 5.91 Å². The number of nitrogens with one attached hydrogen (secondary N) is 2. The largest absolute Gasteiger partial charge is 0.379 e. The topological polar surface area (TPSA) is 67.0 Å². The fraction of sp³-hybridized carbons (Fsp3) is 0.286. The van der Waals surface area contributed by atoms with Crippen LogP contribution in [0.15, 0.2) is 36.9 Å². The van der Waals surface area contributed by atoms with E-state index in [4.69, 9.17) is 4.74 Å². The van der Waals surface area contributed by atoms with Gasteiger partial charge in [-0.05, 0) is 12.5 Å². The molecule has 0 spiro atoms. The molecule has 0 saturated carbocycles. The van der Waals surface area contributed by atoms with Crippen molar-refractivity contribution >= 4 is 16.8 Å². The summed E-state index contributed by atoms with van der Waals surface area (Å²) in [5.41, 5.74) is 1.27. The number of hydrogen-bond donors (Lipinski definition) is 2. The molecule has 1 aromatic heterocycles. The van der Waals surface area contributed by atoms with E-state index in [1.54, 1.807) is 6.08 Å². The van der Waals surface area contributed by atoms with E-state index in [2.05, 4.69) is 22.1 Å². The number of ether oxygens (including phenoxy) is 1. The molecule has 2 rings (SSSR count). The average molecular weight is 259 g/mol. The third-order valence-electron chi connectivity index (χ3n) is 2.68. The number of carbonyl (C=O) groups excluding carboxylic acids is 1. The van der Waals surface area contributed by atoms with Gasteiger partial charge in [0.15, 0.2) is 5.69 Å². The molecule has 0 atom stereocenters. The summed E-state index contributed by atoms with van der Waals surface area (Å²) in [6.45, 7) is 5.20. The highest BCUT2D eigenvalue weighted by Gasteiger charge is 2.12. The number of benzene rings is 1. The molecule has 1 aromatic carbocycles. The van der Waals surface area contributed by atoms with Crippen LogP contribution in [0.1, 0.15) is 16.9 Å². The van der Waals surface area contributed by atoms with E-state index < -0.39 is 0 Å². The van der Waals surface area contributed by atoms with Crippen LogP contribution < -0.4 is 5.32 Å². The number of carbonyl (C=O) groups is 1. The number of amides is 1. The normalized spacial score (nSPS) is 10.5. The first-order valence-corrected chi connectivity index (χ1v) is 6.23. The van der Waals surface area contributed by atoms with E-state index in [9.17, 15) is 4.79 Å². The molecule has 2 aromatic rings. The van der Waals surface area contributed by atoms with Crippen LogP contribution in [-0.4, -0.2) is 35.9 Å². The number of para-hydroxylation sites is 1. The van der Waals surface area contributed by atoms with Crippen LogP contribution in [0.5, 0.6) is 0 Å². The number of aromatic nitrogens is 2. The Morgan fingerprint density at radius 2 is 2.26 bits per heavy atom. The molecule has 2 N–H and O–H groups in total. The van der Waals surface area contributed by atoms with Gasteiger partial charge in [0, 0.05) is 11.9 Å². The lowest BCUT2D eigenvalue weighted by Gasteiger charge is -2.04. The second kappa shape index (κ2) is 6.70. The Balaban J connectivity index is 1.85. The van der Waals surface area contributed by atoms with Crippen molar-refractivity contribution in [2.75, 3.05) is 19.8 Å². The first kappa shape index (κ1) is 13.3. The van der Waals surface area contributed by atoms with Gasteiger partial charge in [0.25, 0.3) is 5.91 Å². The highest BCUT2D eigenvalue weighted by molar-refractivity contribution is 6.04. The first-order valence-electron chi connectivity index (χ1n) is 6.23. The van der Waals surface area contributed by atoms with Crippen molar-refractivity contribution in [2.45, 2.75) is 6.42 Å². The molecule has 5 heteroatoms. The SMILES string of the molecule is C=CCCOCCNC(=O)c1n[nH]c2ccccc12. The number of aromatic amines is 1. The Morgan fingerprint density at radius 3 is 3.11 bits per heavy atom. The van der Waals surface area contributed by atoms with Crippen LogP contribution in [0.25, 0.3) is 10.9 Å². The molecule has 1 amide bonds. The molecule has 1 heterocycles. The molecular formula is C14H17N3O2. The van der Waals surface area contributed by atoms with Crippen molar-refractivity contribution in [1.29, 1.82) is 0 Å². The quantitative estimate of drug-likeness (QED) is 0.589. The summed E-state index contributed by atoms with van der Waals surface area (Å²) in [5.74, 6) is -0.190.